The molecule has 0 unspecified atom stereocenters. The first-order chi connectivity index (χ1) is 11.7. The summed E-state index contributed by atoms with van der Waals surface area (Å²) in [5, 5.41) is 0.453. The number of nitrogens with zero attached hydrogens (tertiary/aromatic N) is 2. The minimum absolute atomic E-state index is 0.0283. The van der Waals surface area contributed by atoms with Crippen LogP contribution < -0.4 is 10.9 Å². The van der Waals surface area contributed by atoms with Gasteiger partial charge in [0.05, 0.1) is 22.3 Å². The highest BCUT2D eigenvalue weighted by molar-refractivity contribution is 7.99. The lowest BCUT2D eigenvalue weighted by atomic mass is 10.2. The Kier molecular flexibility index (Phi) is 5.93. The number of alkyl halides is 3. The lowest BCUT2D eigenvalue weighted by Gasteiger charge is -2.09. The molecule has 136 valence electrons. The maximum atomic E-state index is 12.9. The first-order valence-corrected chi connectivity index (χ1v) is 8.46. The number of aromatic nitrogens is 2. The van der Waals surface area contributed by atoms with E-state index < -0.39 is 23.6 Å². The van der Waals surface area contributed by atoms with Crippen molar-refractivity contribution in [3.63, 3.8) is 0 Å². The van der Waals surface area contributed by atoms with Gasteiger partial charge in [0.2, 0.25) is 11.8 Å². The number of thioether (sulfide) groups is 1. The maximum Gasteiger partial charge on any atom is 0.416 e. The fourth-order valence-electron chi connectivity index (χ4n) is 2.15. The van der Waals surface area contributed by atoms with E-state index in [4.69, 9.17) is 0 Å². The number of nitrogens with one attached hydrogen (secondary N) is 2. The predicted octanol–water partition coefficient (Wildman–Crippen LogP) is 2.72. The molecule has 2 amide bonds. The SMILES string of the molecule is CCCn1c(SCC(=O)NNC(C)=O)nc2ccc(C(F)(F)F)cc21. The molecule has 25 heavy (non-hydrogen) atoms. The zero-order valence-electron chi connectivity index (χ0n) is 13.6. The summed E-state index contributed by atoms with van der Waals surface area (Å²) in [6, 6.07) is 3.38. The summed E-state index contributed by atoms with van der Waals surface area (Å²) in [5.74, 6) is -0.873. The third kappa shape index (κ3) is 4.88. The molecule has 2 N–H and O–H groups in total. The summed E-state index contributed by atoms with van der Waals surface area (Å²) in [6.45, 7) is 3.64. The third-order valence-corrected chi connectivity index (χ3v) is 4.17. The number of benzene rings is 1. The summed E-state index contributed by atoms with van der Waals surface area (Å²) in [6.07, 6.45) is -3.73. The van der Waals surface area contributed by atoms with E-state index in [1.54, 1.807) is 4.57 Å². The van der Waals surface area contributed by atoms with Gasteiger partial charge in [-0.2, -0.15) is 13.2 Å². The van der Waals surface area contributed by atoms with Crippen LogP contribution in [0.5, 0.6) is 0 Å². The molecule has 0 saturated carbocycles. The molecule has 1 aromatic carbocycles. The molecular formula is C15H17F3N4O2S. The second-order valence-corrected chi connectivity index (χ2v) is 6.21. The monoisotopic (exact) mass is 374 g/mol. The number of amides is 2. The molecule has 6 nitrogen and oxygen atoms in total. The van der Waals surface area contributed by atoms with Crippen LogP contribution in [0.15, 0.2) is 23.4 Å². The van der Waals surface area contributed by atoms with Crippen LogP contribution in [0.25, 0.3) is 11.0 Å². The molecule has 1 heterocycles. The molecule has 0 spiro atoms. The van der Waals surface area contributed by atoms with Crippen LogP contribution in [-0.2, 0) is 22.3 Å². The minimum atomic E-state index is -4.43. The second-order valence-electron chi connectivity index (χ2n) is 5.27. The average molecular weight is 374 g/mol. The smallest absolute Gasteiger partial charge is 0.319 e. The van der Waals surface area contributed by atoms with E-state index in [0.29, 0.717) is 29.2 Å². The van der Waals surface area contributed by atoms with Crippen LogP contribution in [0.1, 0.15) is 25.8 Å². The Morgan fingerprint density at radius 1 is 1.28 bits per heavy atom. The summed E-state index contributed by atoms with van der Waals surface area (Å²) in [5.41, 5.74) is 4.46. The van der Waals surface area contributed by atoms with E-state index in [1.807, 2.05) is 6.92 Å². The normalized spacial score (nSPS) is 11.6. The molecule has 0 bridgehead atoms. The van der Waals surface area contributed by atoms with E-state index in [-0.39, 0.29) is 5.75 Å². The van der Waals surface area contributed by atoms with E-state index in [1.165, 1.54) is 13.0 Å². The van der Waals surface area contributed by atoms with Crippen LogP contribution in [0.2, 0.25) is 0 Å². The van der Waals surface area contributed by atoms with Gasteiger partial charge in [-0.05, 0) is 24.6 Å². The molecule has 10 heteroatoms. The van der Waals surface area contributed by atoms with E-state index >= 15 is 0 Å². The molecule has 0 aliphatic rings. The molecular weight excluding hydrogens is 357 g/mol. The number of hydrogen-bond acceptors (Lipinski definition) is 4. The first kappa shape index (κ1) is 19.1. The Morgan fingerprint density at radius 3 is 2.60 bits per heavy atom. The van der Waals surface area contributed by atoms with Crippen molar-refractivity contribution in [1.29, 1.82) is 0 Å². The number of fused-ring (bicyclic) bond motifs is 1. The number of rotatable bonds is 5. The van der Waals surface area contributed by atoms with Crippen molar-refractivity contribution >= 4 is 34.6 Å². The average Bonchev–Trinajstić information content (AvgIpc) is 2.87. The Hall–Kier alpha value is -2.23. The largest absolute Gasteiger partial charge is 0.416 e. The van der Waals surface area contributed by atoms with E-state index in [2.05, 4.69) is 15.8 Å². The van der Waals surface area contributed by atoms with Crippen molar-refractivity contribution in [3.8, 4) is 0 Å². The Morgan fingerprint density at radius 2 is 2.00 bits per heavy atom. The third-order valence-electron chi connectivity index (χ3n) is 3.20. The van der Waals surface area contributed by atoms with Gasteiger partial charge in [0, 0.05) is 13.5 Å². The summed E-state index contributed by atoms with van der Waals surface area (Å²) in [4.78, 5) is 26.7. The van der Waals surface area contributed by atoms with Crippen molar-refractivity contribution in [2.75, 3.05) is 5.75 Å². The van der Waals surface area contributed by atoms with Gasteiger partial charge in [-0.1, -0.05) is 18.7 Å². The summed E-state index contributed by atoms with van der Waals surface area (Å²) >= 11 is 1.09. The summed E-state index contributed by atoms with van der Waals surface area (Å²) in [7, 11) is 0. The second kappa shape index (κ2) is 7.77. The number of carbonyl (C=O) groups excluding carboxylic acids is 2. The zero-order valence-corrected chi connectivity index (χ0v) is 14.4. The van der Waals surface area contributed by atoms with Gasteiger partial charge in [-0.3, -0.25) is 20.4 Å². The molecule has 0 atom stereocenters. The Bertz CT molecular complexity index is 789. The molecule has 0 aliphatic heterocycles. The van der Waals surface area contributed by atoms with Crippen molar-refractivity contribution in [2.45, 2.75) is 38.1 Å². The lowest BCUT2D eigenvalue weighted by molar-refractivity contribution is -0.137. The molecule has 1 aromatic heterocycles. The van der Waals surface area contributed by atoms with Gasteiger partial charge >= 0.3 is 6.18 Å². The number of carbonyl (C=O) groups is 2. The topological polar surface area (TPSA) is 76.0 Å². The van der Waals surface area contributed by atoms with Gasteiger partial charge < -0.3 is 4.57 Å². The number of aryl methyl sites for hydroxylation is 1. The maximum absolute atomic E-state index is 12.9. The van der Waals surface area contributed by atoms with Crippen molar-refractivity contribution in [1.82, 2.24) is 20.4 Å². The quantitative estimate of drug-likeness (QED) is 0.623. The van der Waals surface area contributed by atoms with E-state index in [9.17, 15) is 22.8 Å². The van der Waals surface area contributed by atoms with Crippen molar-refractivity contribution in [2.24, 2.45) is 0 Å². The van der Waals surface area contributed by atoms with Crippen LogP contribution in [0, 0.1) is 0 Å². The first-order valence-electron chi connectivity index (χ1n) is 7.48. The van der Waals surface area contributed by atoms with Crippen LogP contribution in [0.3, 0.4) is 0 Å². The zero-order chi connectivity index (χ0) is 18.6. The highest BCUT2D eigenvalue weighted by atomic mass is 32.2. The molecule has 0 fully saturated rings. The molecule has 0 radical (unpaired) electrons. The van der Waals surface area contributed by atoms with Crippen molar-refractivity contribution in [3.05, 3.63) is 23.8 Å². The highest BCUT2D eigenvalue weighted by Crippen LogP contribution is 2.33. The number of halogens is 3. The van der Waals surface area contributed by atoms with Crippen LogP contribution in [-0.4, -0.2) is 27.1 Å². The predicted molar refractivity (Wildman–Crippen MR) is 87.7 cm³/mol. The van der Waals surface area contributed by atoms with Crippen LogP contribution >= 0.6 is 11.8 Å². The molecule has 0 saturated heterocycles. The van der Waals surface area contributed by atoms with Crippen LogP contribution in [0.4, 0.5) is 13.2 Å². The Labute approximate surface area is 146 Å². The van der Waals surface area contributed by atoms with E-state index in [0.717, 1.165) is 23.9 Å². The summed E-state index contributed by atoms with van der Waals surface area (Å²) < 4.78 is 40.4. The number of hydrazine groups is 1. The fraction of sp³-hybridized carbons (Fsp3) is 0.400. The minimum Gasteiger partial charge on any atom is -0.319 e. The van der Waals surface area contributed by atoms with Gasteiger partial charge in [0.25, 0.3) is 0 Å². The van der Waals surface area contributed by atoms with Gasteiger partial charge in [-0.25, -0.2) is 4.98 Å². The van der Waals surface area contributed by atoms with Gasteiger partial charge in [0.1, 0.15) is 0 Å². The Balaban J connectivity index is 2.25. The number of hydrogen-bond donors (Lipinski definition) is 2. The molecule has 0 aliphatic carbocycles. The highest BCUT2D eigenvalue weighted by Gasteiger charge is 2.31. The standard InChI is InChI=1S/C15H17F3N4O2S/c1-3-6-22-12-7-10(15(16,17)18)4-5-11(12)19-14(22)25-8-13(24)21-20-9(2)23/h4-5,7H,3,6,8H2,1-2H3,(H,20,23)(H,21,24). The van der Waals surface area contributed by atoms with Gasteiger partial charge in [-0.15, -0.1) is 0 Å². The molecule has 2 rings (SSSR count). The number of imidazole rings is 1. The van der Waals surface area contributed by atoms with Crippen molar-refractivity contribution < 1.29 is 22.8 Å². The fourth-order valence-corrected chi connectivity index (χ4v) is 2.99. The van der Waals surface area contributed by atoms with Gasteiger partial charge in [0.15, 0.2) is 5.16 Å². The lowest BCUT2D eigenvalue weighted by Crippen LogP contribution is -2.41. The molecule has 2 aromatic rings.